The highest BCUT2D eigenvalue weighted by Gasteiger charge is 2.35. The molecule has 0 bridgehead atoms. The van der Waals surface area contributed by atoms with Crippen LogP contribution in [0.4, 0.5) is 0 Å². The predicted octanol–water partition coefficient (Wildman–Crippen LogP) is 1.10. The van der Waals surface area contributed by atoms with E-state index in [-0.39, 0.29) is 30.7 Å². The Labute approximate surface area is 139 Å². The van der Waals surface area contributed by atoms with E-state index in [1.165, 1.54) is 6.07 Å². The van der Waals surface area contributed by atoms with Crippen molar-refractivity contribution in [3.63, 3.8) is 0 Å². The summed E-state index contributed by atoms with van der Waals surface area (Å²) in [6.45, 7) is 3.17. The molecule has 2 aliphatic heterocycles. The molecule has 23 heavy (non-hydrogen) atoms. The minimum absolute atomic E-state index is 0.0207. The zero-order chi connectivity index (χ0) is 16.6. The van der Waals surface area contributed by atoms with E-state index >= 15 is 0 Å². The van der Waals surface area contributed by atoms with E-state index in [0.717, 1.165) is 18.0 Å². The molecule has 1 saturated heterocycles. The minimum atomic E-state index is -0.376. The summed E-state index contributed by atoms with van der Waals surface area (Å²) < 4.78 is 0. The Bertz CT molecular complexity index is 669. The molecule has 7 heteroatoms. The summed E-state index contributed by atoms with van der Waals surface area (Å²) in [5.41, 5.74) is 0.668. The van der Waals surface area contributed by atoms with Gasteiger partial charge in [0.25, 0.3) is 11.8 Å². The molecule has 0 spiro atoms. The monoisotopic (exact) mass is 335 g/mol. The highest BCUT2D eigenvalue weighted by atomic mass is 35.5. The van der Waals surface area contributed by atoms with Crippen LogP contribution in [0, 0.1) is 0 Å². The van der Waals surface area contributed by atoms with Crippen LogP contribution in [0.15, 0.2) is 18.2 Å². The third kappa shape index (κ3) is 3.09. The first-order valence-corrected chi connectivity index (χ1v) is 7.97. The molecule has 1 aromatic rings. The molecule has 0 saturated carbocycles. The summed E-state index contributed by atoms with van der Waals surface area (Å²) in [7, 11) is 2.02. The lowest BCUT2D eigenvalue weighted by molar-refractivity contribution is -0.132. The normalized spacial score (nSPS) is 18.5. The third-order valence-electron chi connectivity index (χ3n) is 4.34. The largest absolute Gasteiger partial charge is 0.340 e. The van der Waals surface area contributed by atoms with E-state index in [4.69, 9.17) is 11.6 Å². The topological polar surface area (TPSA) is 60.9 Å². The average molecular weight is 336 g/mol. The molecule has 2 heterocycles. The van der Waals surface area contributed by atoms with Crippen molar-refractivity contribution in [2.75, 3.05) is 39.8 Å². The zero-order valence-corrected chi connectivity index (χ0v) is 13.7. The Hall–Kier alpha value is -1.92. The van der Waals surface area contributed by atoms with Gasteiger partial charge in [-0.3, -0.25) is 19.3 Å². The maximum absolute atomic E-state index is 12.3. The first-order chi connectivity index (χ1) is 11.0. The molecule has 122 valence electrons. The van der Waals surface area contributed by atoms with Crippen molar-refractivity contribution in [2.24, 2.45) is 0 Å². The predicted molar refractivity (Wildman–Crippen MR) is 85.5 cm³/mol. The van der Waals surface area contributed by atoms with Crippen LogP contribution < -0.4 is 0 Å². The highest BCUT2D eigenvalue weighted by Crippen LogP contribution is 2.25. The lowest BCUT2D eigenvalue weighted by Gasteiger charge is -2.32. The quantitative estimate of drug-likeness (QED) is 0.776. The molecule has 1 fully saturated rings. The summed E-state index contributed by atoms with van der Waals surface area (Å²) in [5.74, 6) is -0.751. The van der Waals surface area contributed by atoms with E-state index in [2.05, 4.69) is 4.90 Å². The SMILES string of the molecule is CN1CCN(C(=O)CCN2C(=O)c3ccc(Cl)cc3C2=O)CC1. The molecular formula is C16H18ClN3O3. The number of halogens is 1. The van der Waals surface area contributed by atoms with E-state index in [1.54, 1.807) is 17.0 Å². The second kappa shape index (κ2) is 6.29. The molecule has 1 aromatic carbocycles. The Kier molecular flexibility index (Phi) is 4.37. The number of amides is 3. The molecule has 0 aromatic heterocycles. The fraction of sp³-hybridized carbons (Fsp3) is 0.438. The number of nitrogens with zero attached hydrogens (tertiary/aromatic N) is 3. The molecule has 6 nitrogen and oxygen atoms in total. The summed E-state index contributed by atoms with van der Waals surface area (Å²) in [4.78, 5) is 41.9. The van der Waals surface area contributed by atoms with Crippen molar-refractivity contribution in [2.45, 2.75) is 6.42 Å². The second-order valence-corrected chi connectivity index (χ2v) is 6.32. The van der Waals surface area contributed by atoms with Crippen LogP contribution in [0.5, 0.6) is 0 Å². The number of carbonyl (C=O) groups excluding carboxylic acids is 3. The van der Waals surface area contributed by atoms with Crippen molar-refractivity contribution in [3.05, 3.63) is 34.3 Å². The molecule has 2 aliphatic rings. The number of rotatable bonds is 3. The minimum Gasteiger partial charge on any atom is -0.340 e. The van der Waals surface area contributed by atoms with Crippen LogP contribution in [0.1, 0.15) is 27.1 Å². The van der Waals surface area contributed by atoms with Gasteiger partial charge < -0.3 is 9.80 Å². The van der Waals surface area contributed by atoms with E-state index in [1.807, 2.05) is 7.05 Å². The number of fused-ring (bicyclic) bond motifs is 1. The van der Waals surface area contributed by atoms with E-state index < -0.39 is 0 Å². The first kappa shape index (κ1) is 16.0. The smallest absolute Gasteiger partial charge is 0.261 e. The lowest BCUT2D eigenvalue weighted by Crippen LogP contribution is -2.47. The Morgan fingerprint density at radius 3 is 2.43 bits per heavy atom. The highest BCUT2D eigenvalue weighted by molar-refractivity contribution is 6.32. The summed E-state index contributed by atoms with van der Waals surface area (Å²) in [6, 6.07) is 4.64. The van der Waals surface area contributed by atoms with Gasteiger partial charge in [-0.2, -0.15) is 0 Å². The number of imide groups is 1. The molecule has 0 N–H and O–H groups in total. The average Bonchev–Trinajstić information content (AvgIpc) is 2.77. The Balaban J connectivity index is 1.62. The van der Waals surface area contributed by atoms with Crippen molar-refractivity contribution < 1.29 is 14.4 Å². The van der Waals surface area contributed by atoms with Gasteiger partial charge in [-0.15, -0.1) is 0 Å². The third-order valence-corrected chi connectivity index (χ3v) is 4.57. The first-order valence-electron chi connectivity index (χ1n) is 7.59. The van der Waals surface area contributed by atoms with Gasteiger partial charge in [0.2, 0.25) is 5.91 Å². The van der Waals surface area contributed by atoms with Crippen molar-refractivity contribution in [3.8, 4) is 0 Å². The van der Waals surface area contributed by atoms with Crippen LogP contribution in [-0.2, 0) is 4.79 Å². The summed E-state index contributed by atoms with van der Waals surface area (Å²) in [5, 5.41) is 0.417. The van der Waals surface area contributed by atoms with Gasteiger partial charge in [0.1, 0.15) is 0 Å². The van der Waals surface area contributed by atoms with Gasteiger partial charge in [-0.1, -0.05) is 11.6 Å². The molecular weight excluding hydrogens is 318 g/mol. The second-order valence-electron chi connectivity index (χ2n) is 5.89. The molecule has 3 amide bonds. The molecule has 0 unspecified atom stereocenters. The fourth-order valence-electron chi connectivity index (χ4n) is 2.89. The van der Waals surface area contributed by atoms with Gasteiger partial charge in [0, 0.05) is 44.2 Å². The maximum atomic E-state index is 12.3. The van der Waals surface area contributed by atoms with Crippen LogP contribution in [-0.4, -0.2) is 72.2 Å². The Morgan fingerprint density at radius 2 is 1.74 bits per heavy atom. The van der Waals surface area contributed by atoms with Crippen LogP contribution in [0.25, 0.3) is 0 Å². The van der Waals surface area contributed by atoms with Gasteiger partial charge in [0.05, 0.1) is 11.1 Å². The van der Waals surface area contributed by atoms with Crippen LogP contribution >= 0.6 is 11.6 Å². The number of carbonyl (C=O) groups is 3. The fourth-order valence-corrected chi connectivity index (χ4v) is 3.06. The van der Waals surface area contributed by atoms with E-state index in [0.29, 0.717) is 29.2 Å². The summed E-state index contributed by atoms with van der Waals surface area (Å²) >= 11 is 5.88. The Morgan fingerprint density at radius 1 is 1.09 bits per heavy atom. The van der Waals surface area contributed by atoms with Crippen molar-refractivity contribution in [1.82, 2.24) is 14.7 Å². The number of piperazine rings is 1. The van der Waals surface area contributed by atoms with Crippen LogP contribution in [0.3, 0.4) is 0 Å². The lowest BCUT2D eigenvalue weighted by atomic mass is 10.1. The molecule has 3 rings (SSSR count). The van der Waals surface area contributed by atoms with Gasteiger partial charge in [-0.25, -0.2) is 0 Å². The number of hydrogen-bond acceptors (Lipinski definition) is 4. The molecule has 0 atom stereocenters. The number of likely N-dealkylation sites (N-methyl/N-ethyl adjacent to an activating group) is 1. The number of hydrogen-bond donors (Lipinski definition) is 0. The molecule has 0 aliphatic carbocycles. The van der Waals surface area contributed by atoms with Crippen LogP contribution in [0.2, 0.25) is 5.02 Å². The van der Waals surface area contributed by atoms with Gasteiger partial charge in [0.15, 0.2) is 0 Å². The maximum Gasteiger partial charge on any atom is 0.261 e. The standard InChI is InChI=1S/C16H18ClN3O3/c1-18-6-8-19(9-7-18)14(21)4-5-20-15(22)12-3-2-11(17)10-13(12)16(20)23/h2-3,10H,4-9H2,1H3. The summed E-state index contributed by atoms with van der Waals surface area (Å²) in [6.07, 6.45) is 0.156. The molecule has 0 radical (unpaired) electrons. The van der Waals surface area contributed by atoms with E-state index in [9.17, 15) is 14.4 Å². The zero-order valence-electron chi connectivity index (χ0n) is 12.9. The number of benzene rings is 1. The van der Waals surface area contributed by atoms with Gasteiger partial charge >= 0.3 is 0 Å². The van der Waals surface area contributed by atoms with Crippen molar-refractivity contribution in [1.29, 1.82) is 0 Å². The van der Waals surface area contributed by atoms with Gasteiger partial charge in [-0.05, 0) is 25.2 Å². The van der Waals surface area contributed by atoms with Crippen molar-refractivity contribution >= 4 is 29.3 Å².